The number of aromatic carboxylic acids is 1. The fraction of sp³-hybridized carbons (Fsp3) is 0.417. The lowest BCUT2D eigenvalue weighted by Crippen LogP contribution is -2.06. The number of benzene rings is 1. The molecule has 0 heterocycles. The average molecular weight is 268 g/mol. The Kier molecular flexibility index (Phi) is 5.74. The molecule has 7 nitrogen and oxygen atoms in total. The Morgan fingerprint density at radius 2 is 2.05 bits per heavy atom. The van der Waals surface area contributed by atoms with Gasteiger partial charge in [0, 0.05) is 24.9 Å². The first-order valence-corrected chi connectivity index (χ1v) is 5.92. The standard InChI is InChI=1S/C12H16N2O5/c15-7-3-1-2-6-13-9-4-5-11(14(18)19)10(8-9)12(16)17/h4-5,8,13,15H,1-3,6-7H2,(H,16,17). The topological polar surface area (TPSA) is 113 Å². The van der Waals surface area contributed by atoms with Crippen molar-refractivity contribution in [3.05, 3.63) is 33.9 Å². The second kappa shape index (κ2) is 7.32. The van der Waals surface area contributed by atoms with Crippen LogP contribution in [0.4, 0.5) is 11.4 Å². The molecule has 0 saturated heterocycles. The van der Waals surface area contributed by atoms with Crippen molar-refractivity contribution in [2.75, 3.05) is 18.5 Å². The van der Waals surface area contributed by atoms with Gasteiger partial charge in [-0.15, -0.1) is 0 Å². The SMILES string of the molecule is O=C(O)c1cc(NCCCCCO)ccc1[N+](=O)[O-]. The minimum absolute atomic E-state index is 0.153. The summed E-state index contributed by atoms with van der Waals surface area (Å²) < 4.78 is 0. The molecule has 0 atom stereocenters. The van der Waals surface area contributed by atoms with E-state index in [1.54, 1.807) is 0 Å². The largest absolute Gasteiger partial charge is 0.477 e. The molecule has 0 aliphatic carbocycles. The molecule has 104 valence electrons. The van der Waals surface area contributed by atoms with Gasteiger partial charge < -0.3 is 15.5 Å². The van der Waals surface area contributed by atoms with E-state index in [-0.39, 0.29) is 12.2 Å². The highest BCUT2D eigenvalue weighted by atomic mass is 16.6. The number of carboxylic acids is 1. The quantitative estimate of drug-likeness (QED) is 0.377. The molecule has 7 heteroatoms. The third-order valence-corrected chi connectivity index (χ3v) is 2.59. The molecule has 0 amide bonds. The molecule has 1 aromatic rings. The zero-order valence-electron chi connectivity index (χ0n) is 10.3. The van der Waals surface area contributed by atoms with Gasteiger partial charge in [-0.1, -0.05) is 0 Å². The van der Waals surface area contributed by atoms with E-state index < -0.39 is 16.6 Å². The van der Waals surface area contributed by atoms with Crippen LogP contribution in [0.15, 0.2) is 18.2 Å². The van der Waals surface area contributed by atoms with Crippen molar-refractivity contribution < 1.29 is 19.9 Å². The number of hydrogen-bond acceptors (Lipinski definition) is 5. The van der Waals surface area contributed by atoms with Crippen LogP contribution in [0, 0.1) is 10.1 Å². The van der Waals surface area contributed by atoms with Gasteiger partial charge in [-0.2, -0.15) is 0 Å². The minimum atomic E-state index is -1.32. The number of rotatable bonds is 8. The van der Waals surface area contributed by atoms with Crippen molar-refractivity contribution in [3.63, 3.8) is 0 Å². The van der Waals surface area contributed by atoms with E-state index in [9.17, 15) is 14.9 Å². The van der Waals surface area contributed by atoms with Crippen molar-refractivity contribution in [2.45, 2.75) is 19.3 Å². The fourth-order valence-corrected chi connectivity index (χ4v) is 1.62. The number of nitrogens with zero attached hydrogens (tertiary/aromatic N) is 1. The summed E-state index contributed by atoms with van der Waals surface area (Å²) >= 11 is 0. The Labute approximate surface area is 110 Å². The van der Waals surface area contributed by atoms with Gasteiger partial charge in [-0.05, 0) is 31.4 Å². The minimum Gasteiger partial charge on any atom is -0.477 e. The predicted octanol–water partition coefficient (Wildman–Crippen LogP) is 1.87. The summed E-state index contributed by atoms with van der Waals surface area (Å²) in [7, 11) is 0. The molecular formula is C12H16N2O5. The fourth-order valence-electron chi connectivity index (χ4n) is 1.62. The third-order valence-electron chi connectivity index (χ3n) is 2.59. The van der Waals surface area contributed by atoms with E-state index in [0.717, 1.165) is 19.3 Å². The Bertz CT molecular complexity index is 461. The summed E-state index contributed by atoms with van der Waals surface area (Å²) in [6.45, 7) is 0.775. The molecule has 0 bridgehead atoms. The van der Waals surface area contributed by atoms with Crippen LogP contribution >= 0.6 is 0 Å². The summed E-state index contributed by atoms with van der Waals surface area (Å²) in [5.74, 6) is -1.32. The van der Waals surface area contributed by atoms with Gasteiger partial charge in [0.15, 0.2) is 0 Å². The smallest absolute Gasteiger partial charge is 0.342 e. The number of nitrogens with one attached hydrogen (secondary N) is 1. The molecule has 0 spiro atoms. The lowest BCUT2D eigenvalue weighted by atomic mass is 10.1. The summed E-state index contributed by atoms with van der Waals surface area (Å²) in [6.07, 6.45) is 2.42. The highest BCUT2D eigenvalue weighted by Gasteiger charge is 2.19. The van der Waals surface area contributed by atoms with Gasteiger partial charge >= 0.3 is 5.97 Å². The van der Waals surface area contributed by atoms with Gasteiger partial charge in [0.2, 0.25) is 0 Å². The van der Waals surface area contributed by atoms with E-state index in [1.807, 2.05) is 0 Å². The number of hydrogen-bond donors (Lipinski definition) is 3. The van der Waals surface area contributed by atoms with E-state index in [1.165, 1.54) is 18.2 Å². The molecule has 0 aliphatic rings. The number of aliphatic hydroxyl groups excluding tert-OH is 1. The highest BCUT2D eigenvalue weighted by molar-refractivity contribution is 5.93. The van der Waals surface area contributed by atoms with Gasteiger partial charge in [0.1, 0.15) is 5.56 Å². The molecule has 0 saturated carbocycles. The number of unbranched alkanes of at least 4 members (excludes halogenated alkanes) is 2. The molecule has 0 radical (unpaired) electrons. The Balaban J connectivity index is 2.68. The molecule has 0 aliphatic heterocycles. The van der Waals surface area contributed by atoms with Gasteiger partial charge in [0.05, 0.1) is 4.92 Å². The van der Waals surface area contributed by atoms with Gasteiger partial charge in [-0.25, -0.2) is 4.79 Å². The maximum absolute atomic E-state index is 10.9. The monoisotopic (exact) mass is 268 g/mol. The van der Waals surface area contributed by atoms with Crippen LogP contribution in [-0.2, 0) is 0 Å². The number of nitro groups is 1. The van der Waals surface area contributed by atoms with E-state index in [4.69, 9.17) is 10.2 Å². The first-order valence-electron chi connectivity index (χ1n) is 5.92. The Hall–Kier alpha value is -2.15. The van der Waals surface area contributed by atoms with Crippen LogP contribution in [0.3, 0.4) is 0 Å². The lowest BCUT2D eigenvalue weighted by molar-refractivity contribution is -0.385. The number of carboxylic acid groups (broad SMARTS) is 1. The van der Waals surface area contributed by atoms with Crippen molar-refractivity contribution in [3.8, 4) is 0 Å². The van der Waals surface area contributed by atoms with Crippen molar-refractivity contribution >= 4 is 17.3 Å². The second-order valence-electron chi connectivity index (χ2n) is 4.01. The molecule has 1 rings (SSSR count). The van der Waals surface area contributed by atoms with Crippen LogP contribution < -0.4 is 5.32 Å². The van der Waals surface area contributed by atoms with Gasteiger partial charge in [0.25, 0.3) is 5.69 Å². The second-order valence-corrected chi connectivity index (χ2v) is 4.01. The summed E-state index contributed by atoms with van der Waals surface area (Å²) in [6, 6.07) is 3.92. The molecular weight excluding hydrogens is 252 g/mol. The first kappa shape index (κ1) is 14.9. The maximum Gasteiger partial charge on any atom is 0.342 e. The van der Waals surface area contributed by atoms with E-state index in [0.29, 0.717) is 12.2 Å². The van der Waals surface area contributed by atoms with E-state index in [2.05, 4.69) is 5.32 Å². The molecule has 3 N–H and O–H groups in total. The number of nitro benzene ring substituents is 1. The molecule has 19 heavy (non-hydrogen) atoms. The summed E-state index contributed by atoms with van der Waals surface area (Å²) in [5.41, 5.74) is -0.212. The predicted molar refractivity (Wildman–Crippen MR) is 69.5 cm³/mol. The summed E-state index contributed by atoms with van der Waals surface area (Å²) in [5, 5.41) is 31.2. The Morgan fingerprint density at radius 1 is 1.32 bits per heavy atom. The Morgan fingerprint density at radius 3 is 2.63 bits per heavy atom. The molecule has 0 unspecified atom stereocenters. The van der Waals surface area contributed by atoms with Crippen LogP contribution in [0.5, 0.6) is 0 Å². The van der Waals surface area contributed by atoms with Crippen LogP contribution in [0.25, 0.3) is 0 Å². The summed E-state index contributed by atoms with van der Waals surface area (Å²) in [4.78, 5) is 20.9. The molecule has 0 fully saturated rings. The number of carbonyl (C=O) groups is 1. The van der Waals surface area contributed by atoms with Gasteiger partial charge in [-0.3, -0.25) is 10.1 Å². The molecule has 0 aromatic heterocycles. The van der Waals surface area contributed by atoms with Crippen molar-refractivity contribution in [1.82, 2.24) is 0 Å². The maximum atomic E-state index is 10.9. The average Bonchev–Trinajstić information content (AvgIpc) is 2.38. The van der Waals surface area contributed by atoms with Crippen molar-refractivity contribution in [1.29, 1.82) is 0 Å². The van der Waals surface area contributed by atoms with Crippen molar-refractivity contribution in [2.24, 2.45) is 0 Å². The normalized spacial score (nSPS) is 10.2. The third kappa shape index (κ3) is 4.55. The number of aliphatic hydroxyl groups is 1. The van der Waals surface area contributed by atoms with E-state index >= 15 is 0 Å². The zero-order valence-corrected chi connectivity index (χ0v) is 10.3. The van der Waals surface area contributed by atoms with Crippen LogP contribution in [0.2, 0.25) is 0 Å². The highest BCUT2D eigenvalue weighted by Crippen LogP contribution is 2.22. The van der Waals surface area contributed by atoms with Crippen LogP contribution in [-0.4, -0.2) is 34.3 Å². The first-order chi connectivity index (χ1) is 9.06. The lowest BCUT2D eigenvalue weighted by Gasteiger charge is -2.07. The zero-order chi connectivity index (χ0) is 14.3. The number of anilines is 1. The molecule has 1 aromatic carbocycles. The van der Waals surface area contributed by atoms with Crippen LogP contribution in [0.1, 0.15) is 29.6 Å².